The van der Waals surface area contributed by atoms with Gasteiger partial charge in [-0.3, -0.25) is 14.4 Å². The number of carbonyl (C=O) groups is 4. The number of ether oxygens (including phenoxy) is 1. The van der Waals surface area contributed by atoms with Crippen LogP contribution < -0.4 is 11.1 Å². The second-order valence-corrected chi connectivity index (χ2v) is 4.74. The van der Waals surface area contributed by atoms with Crippen LogP contribution in [0.25, 0.3) is 0 Å². The Morgan fingerprint density at radius 3 is 2.27 bits per heavy atom. The Hall–Kier alpha value is -2.16. The van der Waals surface area contributed by atoms with Gasteiger partial charge in [-0.15, -0.1) is 0 Å². The highest BCUT2D eigenvalue weighted by molar-refractivity contribution is 5.91. The third kappa shape index (κ3) is 8.90. The summed E-state index contributed by atoms with van der Waals surface area (Å²) in [6.07, 6.45) is 1.33. The standard InChI is InChI=1S/C13H22N2O7/c1-2-3-4-5-22-11(18)7-9(13(20)21)15-12(19)8(14)6-10(16)17/h8-9H,2-7,14H2,1H3,(H,15,19)(H,16,17)(H,20,21)/t8-,9-/m0/s1. The lowest BCUT2D eigenvalue weighted by Gasteiger charge is -2.16. The maximum absolute atomic E-state index is 11.6. The molecule has 0 heterocycles. The third-order valence-corrected chi connectivity index (χ3v) is 2.73. The number of carboxylic acids is 2. The van der Waals surface area contributed by atoms with Gasteiger partial charge < -0.3 is 26.0 Å². The molecule has 1 amide bonds. The summed E-state index contributed by atoms with van der Waals surface area (Å²) in [4.78, 5) is 44.5. The van der Waals surface area contributed by atoms with E-state index in [4.69, 9.17) is 20.7 Å². The summed E-state index contributed by atoms with van der Waals surface area (Å²) in [7, 11) is 0. The van der Waals surface area contributed by atoms with Crippen molar-refractivity contribution in [1.82, 2.24) is 5.32 Å². The van der Waals surface area contributed by atoms with Gasteiger partial charge in [-0.1, -0.05) is 19.8 Å². The molecule has 0 rings (SSSR count). The van der Waals surface area contributed by atoms with Gasteiger partial charge in [0.25, 0.3) is 0 Å². The second-order valence-electron chi connectivity index (χ2n) is 4.74. The van der Waals surface area contributed by atoms with Gasteiger partial charge in [0.15, 0.2) is 0 Å². The zero-order chi connectivity index (χ0) is 17.1. The predicted octanol–water partition coefficient (Wildman–Crippen LogP) is -0.519. The number of hydrogen-bond acceptors (Lipinski definition) is 6. The number of aliphatic carboxylic acids is 2. The van der Waals surface area contributed by atoms with Crippen molar-refractivity contribution in [3.8, 4) is 0 Å². The van der Waals surface area contributed by atoms with Crippen LogP contribution in [0.15, 0.2) is 0 Å². The van der Waals surface area contributed by atoms with E-state index < -0.39 is 48.7 Å². The van der Waals surface area contributed by atoms with E-state index in [9.17, 15) is 19.2 Å². The molecular weight excluding hydrogens is 296 g/mol. The van der Waals surface area contributed by atoms with Crippen LogP contribution in [0.3, 0.4) is 0 Å². The number of carboxylic acid groups (broad SMARTS) is 2. The Morgan fingerprint density at radius 2 is 1.77 bits per heavy atom. The molecular formula is C13H22N2O7. The fraction of sp³-hybridized carbons (Fsp3) is 0.692. The van der Waals surface area contributed by atoms with Crippen molar-refractivity contribution >= 4 is 23.8 Å². The first-order chi connectivity index (χ1) is 10.3. The highest BCUT2D eigenvalue weighted by atomic mass is 16.5. The highest BCUT2D eigenvalue weighted by Crippen LogP contribution is 2.00. The maximum Gasteiger partial charge on any atom is 0.326 e. The zero-order valence-corrected chi connectivity index (χ0v) is 12.4. The van der Waals surface area contributed by atoms with E-state index in [-0.39, 0.29) is 6.61 Å². The van der Waals surface area contributed by atoms with Crippen molar-refractivity contribution < 1.29 is 34.1 Å². The number of unbranched alkanes of at least 4 members (excludes halogenated alkanes) is 2. The largest absolute Gasteiger partial charge is 0.481 e. The summed E-state index contributed by atoms with van der Waals surface area (Å²) in [6, 6.07) is -2.90. The number of carbonyl (C=O) groups excluding carboxylic acids is 2. The molecule has 2 atom stereocenters. The molecule has 0 spiro atoms. The molecule has 126 valence electrons. The molecule has 0 unspecified atom stereocenters. The molecule has 0 aliphatic rings. The van der Waals surface area contributed by atoms with Crippen LogP contribution in [0.2, 0.25) is 0 Å². The van der Waals surface area contributed by atoms with Gasteiger partial charge in [0.05, 0.1) is 25.5 Å². The van der Waals surface area contributed by atoms with E-state index in [1.54, 1.807) is 0 Å². The molecule has 9 heteroatoms. The van der Waals surface area contributed by atoms with Crippen molar-refractivity contribution in [2.45, 2.75) is 51.1 Å². The summed E-state index contributed by atoms with van der Waals surface area (Å²) in [6.45, 7) is 2.17. The van der Waals surface area contributed by atoms with Crippen molar-refractivity contribution in [1.29, 1.82) is 0 Å². The van der Waals surface area contributed by atoms with Gasteiger partial charge in [0, 0.05) is 0 Å². The Kier molecular flexibility index (Phi) is 9.51. The van der Waals surface area contributed by atoms with Gasteiger partial charge in [-0.2, -0.15) is 0 Å². The van der Waals surface area contributed by atoms with Crippen LogP contribution in [0.1, 0.15) is 39.0 Å². The van der Waals surface area contributed by atoms with Crippen LogP contribution >= 0.6 is 0 Å². The quantitative estimate of drug-likeness (QED) is 0.293. The molecule has 0 bridgehead atoms. The number of hydrogen-bond donors (Lipinski definition) is 4. The van der Waals surface area contributed by atoms with Crippen LogP contribution in [0.4, 0.5) is 0 Å². The Bertz CT molecular complexity index is 411. The topological polar surface area (TPSA) is 156 Å². The second kappa shape index (κ2) is 10.6. The summed E-state index contributed by atoms with van der Waals surface area (Å²) < 4.78 is 4.85. The molecule has 0 radical (unpaired) electrons. The van der Waals surface area contributed by atoms with Gasteiger partial charge in [0.1, 0.15) is 6.04 Å². The van der Waals surface area contributed by atoms with Crippen molar-refractivity contribution in [2.75, 3.05) is 6.61 Å². The molecule has 0 aromatic rings. The molecule has 0 saturated carbocycles. The normalized spacial score (nSPS) is 13.0. The average Bonchev–Trinajstić information content (AvgIpc) is 2.41. The van der Waals surface area contributed by atoms with Crippen molar-refractivity contribution in [3.05, 3.63) is 0 Å². The number of amides is 1. The lowest BCUT2D eigenvalue weighted by molar-refractivity contribution is -0.150. The summed E-state index contributed by atoms with van der Waals surface area (Å²) in [5.41, 5.74) is 5.31. The number of nitrogens with two attached hydrogens (primary N) is 1. The number of rotatable bonds is 11. The van der Waals surface area contributed by atoms with Crippen LogP contribution in [-0.4, -0.2) is 52.7 Å². The molecule has 0 aromatic heterocycles. The van der Waals surface area contributed by atoms with Gasteiger partial charge in [-0.05, 0) is 6.42 Å². The van der Waals surface area contributed by atoms with Crippen molar-refractivity contribution in [2.24, 2.45) is 5.73 Å². The zero-order valence-electron chi connectivity index (χ0n) is 12.4. The molecule has 0 aliphatic heterocycles. The third-order valence-electron chi connectivity index (χ3n) is 2.73. The molecule has 5 N–H and O–H groups in total. The summed E-state index contributed by atoms with van der Waals surface area (Å²) >= 11 is 0. The van der Waals surface area contributed by atoms with E-state index >= 15 is 0 Å². The molecule has 22 heavy (non-hydrogen) atoms. The molecule has 0 fully saturated rings. The Labute approximate surface area is 127 Å². The van der Waals surface area contributed by atoms with Crippen LogP contribution in [0.5, 0.6) is 0 Å². The van der Waals surface area contributed by atoms with Gasteiger partial charge in [-0.25, -0.2) is 4.79 Å². The van der Waals surface area contributed by atoms with E-state index in [1.165, 1.54) is 0 Å². The summed E-state index contributed by atoms with van der Waals surface area (Å²) in [5, 5.41) is 19.5. The minimum Gasteiger partial charge on any atom is -0.481 e. The molecule has 9 nitrogen and oxygen atoms in total. The van der Waals surface area contributed by atoms with E-state index in [0.29, 0.717) is 6.42 Å². The van der Waals surface area contributed by atoms with E-state index in [2.05, 4.69) is 0 Å². The highest BCUT2D eigenvalue weighted by Gasteiger charge is 2.27. The van der Waals surface area contributed by atoms with Gasteiger partial charge >= 0.3 is 17.9 Å². The fourth-order valence-electron chi connectivity index (χ4n) is 1.52. The molecule has 0 aliphatic carbocycles. The lowest BCUT2D eigenvalue weighted by Crippen LogP contribution is -2.49. The number of nitrogens with one attached hydrogen (secondary N) is 1. The van der Waals surface area contributed by atoms with Crippen LogP contribution in [-0.2, 0) is 23.9 Å². The smallest absolute Gasteiger partial charge is 0.326 e. The average molecular weight is 318 g/mol. The van der Waals surface area contributed by atoms with E-state index in [1.807, 2.05) is 12.2 Å². The lowest BCUT2D eigenvalue weighted by atomic mass is 10.1. The fourth-order valence-corrected chi connectivity index (χ4v) is 1.52. The first-order valence-corrected chi connectivity index (χ1v) is 6.94. The number of esters is 1. The maximum atomic E-state index is 11.6. The summed E-state index contributed by atoms with van der Waals surface area (Å²) in [5.74, 6) is -4.42. The Morgan fingerprint density at radius 1 is 1.14 bits per heavy atom. The minimum atomic E-state index is -1.51. The molecule has 0 aromatic carbocycles. The van der Waals surface area contributed by atoms with Gasteiger partial charge in [0.2, 0.25) is 5.91 Å². The Balaban J connectivity index is 4.36. The first-order valence-electron chi connectivity index (χ1n) is 6.94. The monoisotopic (exact) mass is 318 g/mol. The van der Waals surface area contributed by atoms with Crippen molar-refractivity contribution in [3.63, 3.8) is 0 Å². The minimum absolute atomic E-state index is 0.186. The molecule has 0 saturated heterocycles. The van der Waals surface area contributed by atoms with E-state index in [0.717, 1.165) is 12.8 Å². The predicted molar refractivity (Wildman–Crippen MR) is 74.9 cm³/mol. The SMILES string of the molecule is CCCCCOC(=O)C[C@H](NC(=O)[C@@H](N)CC(=O)O)C(=O)O. The first kappa shape index (κ1) is 19.8. The van der Waals surface area contributed by atoms with Crippen LogP contribution in [0, 0.1) is 0 Å².